The number of nitrogens with zero attached hydrogens (tertiary/aromatic N) is 4. The zero-order valence-corrected chi connectivity index (χ0v) is 13.9. The molecule has 0 unspecified atom stereocenters. The van der Waals surface area contributed by atoms with Crippen LogP contribution in [-0.2, 0) is 12.8 Å². The Morgan fingerprint density at radius 1 is 1.12 bits per heavy atom. The first-order chi connectivity index (χ1) is 11.8. The molecule has 2 aromatic heterocycles. The van der Waals surface area contributed by atoms with E-state index in [1.165, 1.54) is 35.1 Å². The van der Waals surface area contributed by atoms with Gasteiger partial charge in [0.1, 0.15) is 0 Å². The summed E-state index contributed by atoms with van der Waals surface area (Å²) in [6.45, 7) is 0. The summed E-state index contributed by atoms with van der Waals surface area (Å²) >= 11 is 1.58. The van der Waals surface area contributed by atoms with Crippen LogP contribution in [0.4, 0.5) is 5.13 Å². The number of carbonyl (C=O) groups excluding carboxylic acids is 1. The molecule has 1 aliphatic rings. The minimum Gasteiger partial charge on any atom is -0.296 e. The molecular formula is C17H17N5OS. The summed E-state index contributed by atoms with van der Waals surface area (Å²) in [5.74, 6) is -0.277. The number of carbonyl (C=O) groups is 1. The van der Waals surface area contributed by atoms with E-state index in [-0.39, 0.29) is 11.6 Å². The van der Waals surface area contributed by atoms with Gasteiger partial charge in [-0.1, -0.05) is 24.6 Å². The van der Waals surface area contributed by atoms with Crippen molar-refractivity contribution in [2.45, 2.75) is 32.1 Å². The molecule has 1 aliphatic carbocycles. The summed E-state index contributed by atoms with van der Waals surface area (Å²) in [6.07, 6.45) is 7.18. The van der Waals surface area contributed by atoms with Gasteiger partial charge in [-0.3, -0.25) is 10.1 Å². The zero-order chi connectivity index (χ0) is 16.4. The maximum Gasteiger partial charge on any atom is 0.279 e. The van der Waals surface area contributed by atoms with E-state index < -0.39 is 0 Å². The summed E-state index contributed by atoms with van der Waals surface area (Å²) in [7, 11) is 0. The van der Waals surface area contributed by atoms with Crippen molar-refractivity contribution in [1.82, 2.24) is 20.0 Å². The molecule has 24 heavy (non-hydrogen) atoms. The van der Waals surface area contributed by atoms with Gasteiger partial charge in [0.15, 0.2) is 10.8 Å². The highest BCUT2D eigenvalue weighted by atomic mass is 32.1. The first kappa shape index (κ1) is 15.0. The molecule has 0 radical (unpaired) electrons. The second kappa shape index (κ2) is 6.52. The molecule has 0 saturated heterocycles. The number of hydrogen-bond acceptors (Lipinski definition) is 5. The zero-order valence-electron chi connectivity index (χ0n) is 13.1. The number of rotatable bonds is 3. The molecule has 0 bridgehead atoms. The smallest absolute Gasteiger partial charge is 0.279 e. The van der Waals surface area contributed by atoms with Crippen LogP contribution in [0.3, 0.4) is 0 Å². The topological polar surface area (TPSA) is 72.7 Å². The van der Waals surface area contributed by atoms with E-state index in [0.717, 1.165) is 24.2 Å². The van der Waals surface area contributed by atoms with Crippen molar-refractivity contribution in [3.05, 3.63) is 52.8 Å². The van der Waals surface area contributed by atoms with Crippen molar-refractivity contribution >= 4 is 22.4 Å². The lowest BCUT2D eigenvalue weighted by Crippen LogP contribution is -2.13. The van der Waals surface area contributed by atoms with E-state index >= 15 is 0 Å². The van der Waals surface area contributed by atoms with E-state index in [1.807, 2.05) is 30.3 Å². The van der Waals surface area contributed by atoms with Crippen LogP contribution in [0.15, 0.2) is 36.5 Å². The van der Waals surface area contributed by atoms with Crippen molar-refractivity contribution < 1.29 is 4.79 Å². The van der Waals surface area contributed by atoms with Gasteiger partial charge in [-0.15, -0.1) is 16.4 Å². The Hall–Kier alpha value is -2.54. The highest BCUT2D eigenvalue weighted by molar-refractivity contribution is 7.15. The van der Waals surface area contributed by atoms with Gasteiger partial charge in [-0.2, -0.15) is 9.90 Å². The molecule has 0 atom stereocenters. The number of benzene rings is 1. The Bertz CT molecular complexity index is 832. The van der Waals surface area contributed by atoms with Crippen LogP contribution in [0.25, 0.3) is 5.69 Å². The van der Waals surface area contributed by atoms with Gasteiger partial charge in [0.25, 0.3) is 5.91 Å². The predicted molar refractivity (Wildman–Crippen MR) is 92.7 cm³/mol. The van der Waals surface area contributed by atoms with Crippen molar-refractivity contribution in [1.29, 1.82) is 0 Å². The Morgan fingerprint density at radius 2 is 1.96 bits per heavy atom. The molecule has 122 valence electrons. The molecule has 2 heterocycles. The fourth-order valence-electron chi connectivity index (χ4n) is 2.80. The van der Waals surface area contributed by atoms with E-state index in [1.54, 1.807) is 11.3 Å². The van der Waals surface area contributed by atoms with Crippen LogP contribution in [0.1, 0.15) is 40.3 Å². The minimum absolute atomic E-state index is 0.277. The Labute approximate surface area is 143 Å². The number of hydrogen-bond donors (Lipinski definition) is 1. The first-order valence-corrected chi connectivity index (χ1v) is 8.89. The Balaban J connectivity index is 1.50. The molecule has 1 amide bonds. The van der Waals surface area contributed by atoms with Crippen LogP contribution < -0.4 is 5.32 Å². The van der Waals surface area contributed by atoms with E-state index in [4.69, 9.17) is 0 Å². The summed E-state index contributed by atoms with van der Waals surface area (Å²) in [5.41, 5.74) is 2.24. The van der Waals surface area contributed by atoms with E-state index in [0.29, 0.717) is 5.13 Å². The van der Waals surface area contributed by atoms with Crippen molar-refractivity contribution in [2.24, 2.45) is 0 Å². The molecule has 1 aromatic carbocycles. The lowest BCUT2D eigenvalue weighted by Gasteiger charge is -1.99. The molecule has 0 spiro atoms. The number of aryl methyl sites for hydroxylation is 2. The normalized spacial score (nSPS) is 14.0. The van der Waals surface area contributed by atoms with Crippen LogP contribution in [0.2, 0.25) is 0 Å². The molecule has 0 fully saturated rings. The number of thiazole rings is 1. The van der Waals surface area contributed by atoms with Gasteiger partial charge >= 0.3 is 0 Å². The number of anilines is 1. The summed E-state index contributed by atoms with van der Waals surface area (Å²) < 4.78 is 0. The third-order valence-corrected chi connectivity index (χ3v) is 5.10. The molecule has 4 rings (SSSR count). The Kier molecular flexibility index (Phi) is 4.08. The van der Waals surface area contributed by atoms with Gasteiger partial charge in [-0.25, -0.2) is 4.98 Å². The third-order valence-electron chi connectivity index (χ3n) is 4.03. The summed E-state index contributed by atoms with van der Waals surface area (Å²) in [6, 6.07) is 9.51. The van der Waals surface area contributed by atoms with Crippen molar-refractivity contribution in [3.63, 3.8) is 0 Å². The highest BCUT2D eigenvalue weighted by Crippen LogP contribution is 2.29. The minimum atomic E-state index is -0.277. The maximum absolute atomic E-state index is 12.4. The van der Waals surface area contributed by atoms with Gasteiger partial charge < -0.3 is 0 Å². The number of amides is 1. The van der Waals surface area contributed by atoms with Gasteiger partial charge in [0.05, 0.1) is 17.6 Å². The fourth-order valence-corrected chi connectivity index (χ4v) is 3.84. The van der Waals surface area contributed by atoms with Crippen LogP contribution in [0.5, 0.6) is 0 Å². The summed E-state index contributed by atoms with van der Waals surface area (Å²) in [5, 5.41) is 11.9. The monoisotopic (exact) mass is 339 g/mol. The molecule has 1 N–H and O–H groups in total. The van der Waals surface area contributed by atoms with Crippen molar-refractivity contribution in [2.75, 3.05) is 5.32 Å². The molecule has 7 heteroatoms. The molecule has 0 saturated carbocycles. The standard InChI is InChI=1S/C17H17N5OS/c23-16(14-11-18-22(21-14)12-7-3-1-4-8-12)20-17-19-13-9-5-2-6-10-15(13)24-17/h1,3-4,7-8,11H,2,5-6,9-10H2,(H,19,20,23). The van der Waals surface area contributed by atoms with E-state index in [2.05, 4.69) is 20.5 Å². The number of aromatic nitrogens is 4. The second-order valence-corrected chi connectivity index (χ2v) is 6.84. The number of fused-ring (bicyclic) bond motifs is 1. The Morgan fingerprint density at radius 3 is 2.83 bits per heavy atom. The van der Waals surface area contributed by atoms with Gasteiger partial charge in [0, 0.05) is 4.88 Å². The fraction of sp³-hybridized carbons (Fsp3) is 0.294. The van der Waals surface area contributed by atoms with Gasteiger partial charge in [0.2, 0.25) is 0 Å². The van der Waals surface area contributed by atoms with Crippen LogP contribution >= 0.6 is 11.3 Å². The van der Waals surface area contributed by atoms with Gasteiger partial charge in [-0.05, 0) is 37.8 Å². The average molecular weight is 339 g/mol. The van der Waals surface area contributed by atoms with Crippen molar-refractivity contribution in [3.8, 4) is 5.69 Å². The molecule has 6 nitrogen and oxygen atoms in total. The molecular weight excluding hydrogens is 322 g/mol. The SMILES string of the molecule is O=C(Nc1nc2c(s1)CCCCC2)c1cnn(-c2ccccc2)n1. The quantitative estimate of drug-likeness (QED) is 0.744. The lowest BCUT2D eigenvalue weighted by atomic mass is 10.2. The third kappa shape index (κ3) is 3.07. The second-order valence-electron chi connectivity index (χ2n) is 5.76. The largest absolute Gasteiger partial charge is 0.296 e. The highest BCUT2D eigenvalue weighted by Gasteiger charge is 2.17. The van der Waals surface area contributed by atoms with Crippen LogP contribution in [0, 0.1) is 0 Å². The first-order valence-electron chi connectivity index (χ1n) is 8.07. The van der Waals surface area contributed by atoms with Crippen LogP contribution in [-0.4, -0.2) is 25.9 Å². The molecule has 3 aromatic rings. The maximum atomic E-state index is 12.4. The predicted octanol–water partition coefficient (Wildman–Crippen LogP) is 3.25. The van der Waals surface area contributed by atoms with E-state index in [9.17, 15) is 4.79 Å². The average Bonchev–Trinajstić information content (AvgIpc) is 3.18. The molecule has 0 aliphatic heterocycles. The number of para-hydroxylation sites is 1. The summed E-state index contributed by atoms with van der Waals surface area (Å²) in [4.78, 5) is 19.7. The lowest BCUT2D eigenvalue weighted by molar-refractivity contribution is 0.102. The number of nitrogens with one attached hydrogen (secondary N) is 1.